The molecule has 0 saturated carbocycles. The number of imidazole rings is 1. The third-order valence-electron chi connectivity index (χ3n) is 5.67. The van der Waals surface area contributed by atoms with Crippen molar-refractivity contribution in [3.8, 4) is 17.6 Å². The summed E-state index contributed by atoms with van der Waals surface area (Å²) in [5.74, 6) is 1.02. The summed E-state index contributed by atoms with van der Waals surface area (Å²) < 4.78 is 8.13. The second-order valence-electron chi connectivity index (χ2n) is 7.70. The number of hydrogen-bond acceptors (Lipinski definition) is 5. The van der Waals surface area contributed by atoms with E-state index in [9.17, 15) is 10.1 Å². The number of fused-ring (bicyclic) bond motifs is 7. The lowest BCUT2D eigenvalue weighted by atomic mass is 10.1. The van der Waals surface area contributed by atoms with Crippen LogP contribution in [0.4, 0.5) is 0 Å². The molecule has 7 heteroatoms. The predicted octanol–water partition coefficient (Wildman–Crippen LogP) is 2.91. The SMILES string of the molecule is N#Cc1ccc2cc1Oc1cccc(c1)C(=O)N1CC[C@@H](C1)NCc1cncn1C2. The first kappa shape index (κ1) is 18.4. The van der Waals surface area contributed by atoms with Gasteiger partial charge in [-0.15, -0.1) is 0 Å². The lowest BCUT2D eigenvalue weighted by Gasteiger charge is -2.19. The monoisotopic (exact) mass is 399 g/mol. The summed E-state index contributed by atoms with van der Waals surface area (Å²) >= 11 is 0. The number of hydrogen-bond donors (Lipinski definition) is 1. The normalized spacial score (nSPS) is 18.4. The highest BCUT2D eigenvalue weighted by atomic mass is 16.5. The Bertz CT molecular complexity index is 1150. The van der Waals surface area contributed by atoms with Crippen molar-refractivity contribution in [1.82, 2.24) is 19.8 Å². The summed E-state index contributed by atoms with van der Waals surface area (Å²) in [4.78, 5) is 19.2. The van der Waals surface area contributed by atoms with Gasteiger partial charge in [-0.05, 0) is 42.3 Å². The van der Waals surface area contributed by atoms with E-state index in [0.717, 1.165) is 24.2 Å². The Morgan fingerprint density at radius 3 is 3.07 bits per heavy atom. The van der Waals surface area contributed by atoms with Crippen LogP contribution in [0.5, 0.6) is 11.5 Å². The second kappa shape index (κ2) is 7.65. The van der Waals surface area contributed by atoms with Crippen molar-refractivity contribution >= 4 is 5.91 Å². The van der Waals surface area contributed by atoms with Gasteiger partial charge in [0.1, 0.15) is 17.6 Å². The average Bonchev–Trinajstić information content (AvgIpc) is 3.41. The van der Waals surface area contributed by atoms with Crippen LogP contribution in [0.25, 0.3) is 0 Å². The summed E-state index contributed by atoms with van der Waals surface area (Å²) in [5, 5.41) is 13.1. The summed E-state index contributed by atoms with van der Waals surface area (Å²) in [5.41, 5.74) is 3.12. The maximum absolute atomic E-state index is 13.0. The predicted molar refractivity (Wildman–Crippen MR) is 110 cm³/mol. The van der Waals surface area contributed by atoms with Crippen LogP contribution in [-0.4, -0.2) is 39.5 Å². The quantitative estimate of drug-likeness (QED) is 0.628. The maximum Gasteiger partial charge on any atom is 0.254 e. The molecule has 3 aromatic rings. The van der Waals surface area contributed by atoms with Gasteiger partial charge in [0.25, 0.3) is 5.91 Å². The minimum absolute atomic E-state index is 0.00357. The molecule has 1 fully saturated rings. The van der Waals surface area contributed by atoms with Crippen LogP contribution in [0.15, 0.2) is 55.0 Å². The summed E-state index contributed by atoms with van der Waals surface area (Å²) in [7, 11) is 0. The molecule has 1 atom stereocenters. The van der Waals surface area contributed by atoms with Crippen LogP contribution in [0.1, 0.15) is 33.6 Å². The number of carbonyl (C=O) groups is 1. The first-order valence-corrected chi connectivity index (χ1v) is 10.0. The van der Waals surface area contributed by atoms with Gasteiger partial charge in [0.15, 0.2) is 0 Å². The fraction of sp³-hybridized carbons (Fsp3) is 0.261. The maximum atomic E-state index is 13.0. The van der Waals surface area contributed by atoms with Crippen molar-refractivity contribution in [2.45, 2.75) is 25.6 Å². The summed E-state index contributed by atoms with van der Waals surface area (Å²) in [6.45, 7) is 2.71. The highest BCUT2D eigenvalue weighted by molar-refractivity contribution is 5.94. The molecule has 1 saturated heterocycles. The number of nitriles is 1. The number of carbonyl (C=O) groups excluding carboxylic acids is 1. The fourth-order valence-corrected chi connectivity index (χ4v) is 4.04. The second-order valence-corrected chi connectivity index (χ2v) is 7.70. The van der Waals surface area contributed by atoms with Crippen LogP contribution in [-0.2, 0) is 13.1 Å². The van der Waals surface area contributed by atoms with Gasteiger partial charge >= 0.3 is 0 Å². The van der Waals surface area contributed by atoms with Crippen molar-refractivity contribution in [2.24, 2.45) is 0 Å². The van der Waals surface area contributed by atoms with Crippen LogP contribution in [0.3, 0.4) is 0 Å². The Balaban J connectivity index is 1.57. The summed E-state index contributed by atoms with van der Waals surface area (Å²) in [6, 6.07) is 15.2. The van der Waals surface area contributed by atoms with E-state index in [1.165, 1.54) is 0 Å². The molecule has 1 N–H and O–H groups in total. The number of benzene rings is 2. The molecule has 0 radical (unpaired) electrons. The standard InChI is InChI=1S/C23H21N5O2/c24-10-18-5-4-16-8-22(18)30-21-3-1-2-17(9-21)23(29)27-7-6-19(14-27)26-12-20-11-25-15-28(20)13-16/h1-5,8-9,11,15,19,26H,6-7,12-14H2/t19-/m0/s1. The van der Waals surface area contributed by atoms with Gasteiger partial charge in [0.2, 0.25) is 0 Å². The molecule has 150 valence electrons. The topological polar surface area (TPSA) is 83.2 Å². The fourth-order valence-electron chi connectivity index (χ4n) is 4.04. The van der Waals surface area contributed by atoms with Gasteiger partial charge in [0.05, 0.1) is 17.6 Å². The van der Waals surface area contributed by atoms with E-state index in [-0.39, 0.29) is 11.9 Å². The molecule has 0 spiro atoms. The van der Waals surface area contributed by atoms with E-state index in [4.69, 9.17) is 4.74 Å². The van der Waals surface area contributed by atoms with Gasteiger partial charge in [-0.2, -0.15) is 5.26 Å². The average molecular weight is 399 g/mol. The van der Waals surface area contributed by atoms with Gasteiger partial charge in [-0.3, -0.25) is 4.79 Å². The van der Waals surface area contributed by atoms with Crippen molar-refractivity contribution in [3.63, 3.8) is 0 Å². The molecule has 2 aromatic carbocycles. The number of amides is 1. The molecular weight excluding hydrogens is 378 g/mol. The third kappa shape index (κ3) is 3.53. The zero-order chi connectivity index (χ0) is 20.5. The molecule has 1 amide bonds. The van der Waals surface area contributed by atoms with E-state index < -0.39 is 0 Å². The first-order valence-electron chi connectivity index (χ1n) is 10.0. The van der Waals surface area contributed by atoms with Crippen molar-refractivity contribution < 1.29 is 9.53 Å². The van der Waals surface area contributed by atoms with E-state index in [0.29, 0.717) is 42.3 Å². The van der Waals surface area contributed by atoms with E-state index in [1.54, 1.807) is 24.3 Å². The van der Waals surface area contributed by atoms with E-state index in [2.05, 4.69) is 20.9 Å². The van der Waals surface area contributed by atoms with Gasteiger partial charge in [-0.25, -0.2) is 4.98 Å². The lowest BCUT2D eigenvalue weighted by molar-refractivity contribution is 0.0789. The van der Waals surface area contributed by atoms with Crippen LogP contribution >= 0.6 is 0 Å². The minimum Gasteiger partial charge on any atom is -0.456 e. The lowest BCUT2D eigenvalue weighted by Crippen LogP contribution is -2.35. The number of aromatic nitrogens is 2. The Morgan fingerprint density at radius 2 is 2.17 bits per heavy atom. The zero-order valence-electron chi connectivity index (χ0n) is 16.4. The van der Waals surface area contributed by atoms with Crippen LogP contribution in [0, 0.1) is 11.3 Å². The first-order chi connectivity index (χ1) is 14.7. The Kier molecular flexibility index (Phi) is 4.69. The number of ether oxygens (including phenoxy) is 1. The van der Waals surface area contributed by atoms with Gasteiger partial charge in [0, 0.05) is 44.0 Å². The van der Waals surface area contributed by atoms with E-state index in [1.807, 2.05) is 35.6 Å². The summed E-state index contributed by atoms with van der Waals surface area (Å²) in [6.07, 6.45) is 4.59. The van der Waals surface area contributed by atoms with Gasteiger partial charge in [-0.1, -0.05) is 12.1 Å². The van der Waals surface area contributed by atoms with Crippen LogP contribution < -0.4 is 10.1 Å². The van der Waals surface area contributed by atoms with E-state index >= 15 is 0 Å². The molecular formula is C23H21N5O2. The molecule has 1 aromatic heterocycles. The molecule has 0 unspecified atom stereocenters. The number of nitrogens with zero attached hydrogens (tertiary/aromatic N) is 4. The van der Waals surface area contributed by atoms with Crippen LogP contribution in [0.2, 0.25) is 0 Å². The molecule has 5 rings (SSSR count). The molecule has 2 aliphatic rings. The highest BCUT2D eigenvalue weighted by Crippen LogP contribution is 2.28. The number of nitrogens with one attached hydrogen (secondary N) is 1. The molecule has 0 aliphatic carbocycles. The van der Waals surface area contributed by atoms with Crippen molar-refractivity contribution in [3.05, 3.63) is 77.4 Å². The molecule has 2 aliphatic heterocycles. The van der Waals surface area contributed by atoms with Crippen molar-refractivity contribution in [2.75, 3.05) is 13.1 Å². The highest BCUT2D eigenvalue weighted by Gasteiger charge is 2.27. The smallest absolute Gasteiger partial charge is 0.254 e. The molecule has 3 heterocycles. The molecule has 6 bridgehead atoms. The molecule has 7 nitrogen and oxygen atoms in total. The molecule has 30 heavy (non-hydrogen) atoms. The largest absolute Gasteiger partial charge is 0.456 e. The minimum atomic E-state index is -0.00357. The van der Waals surface area contributed by atoms with Crippen molar-refractivity contribution in [1.29, 1.82) is 5.26 Å². The third-order valence-corrected chi connectivity index (χ3v) is 5.67. The number of rotatable bonds is 0. The Hall–Kier alpha value is -3.63. The zero-order valence-corrected chi connectivity index (χ0v) is 16.4. The van der Waals surface area contributed by atoms with Gasteiger partial charge < -0.3 is 19.5 Å². The Labute approximate surface area is 174 Å². The Morgan fingerprint density at radius 1 is 1.23 bits per heavy atom.